The summed E-state index contributed by atoms with van der Waals surface area (Å²) in [5.74, 6) is 1.34. The second-order valence-corrected chi connectivity index (χ2v) is 8.51. The molecule has 8 nitrogen and oxygen atoms in total. The molecule has 174 valence electrons. The molecule has 33 heavy (non-hydrogen) atoms. The molecule has 0 saturated heterocycles. The van der Waals surface area contributed by atoms with Crippen LogP contribution in [-0.4, -0.2) is 39.9 Å². The molecular weight excluding hydrogens is 442 g/mol. The van der Waals surface area contributed by atoms with E-state index in [1.165, 1.54) is 4.90 Å². The summed E-state index contributed by atoms with van der Waals surface area (Å²) in [7, 11) is 1.58. The summed E-state index contributed by atoms with van der Waals surface area (Å²) < 4.78 is 5.24. The quantitative estimate of drug-likeness (QED) is 0.440. The summed E-state index contributed by atoms with van der Waals surface area (Å²) in [6.07, 6.45) is 1.56. The maximum atomic E-state index is 13.3. The van der Waals surface area contributed by atoms with Gasteiger partial charge in [0.25, 0.3) is 0 Å². The Bertz CT molecular complexity index is 1070. The van der Waals surface area contributed by atoms with Gasteiger partial charge in [0, 0.05) is 23.8 Å². The van der Waals surface area contributed by atoms with Gasteiger partial charge in [-0.25, -0.2) is 14.7 Å². The molecule has 3 rings (SSSR count). The van der Waals surface area contributed by atoms with Gasteiger partial charge in [0.1, 0.15) is 11.6 Å². The fraction of sp³-hybridized carbons (Fsp3) is 0.292. The number of aliphatic hydroxyl groups is 1. The van der Waals surface area contributed by atoms with Crippen LogP contribution in [0.2, 0.25) is 5.02 Å². The second-order valence-electron chi connectivity index (χ2n) is 8.08. The van der Waals surface area contributed by atoms with E-state index in [9.17, 15) is 9.90 Å². The van der Waals surface area contributed by atoms with Crippen LogP contribution < -0.4 is 20.3 Å². The maximum absolute atomic E-state index is 13.3. The summed E-state index contributed by atoms with van der Waals surface area (Å²) in [4.78, 5) is 23.5. The number of aromatic nitrogens is 2. The van der Waals surface area contributed by atoms with Crippen molar-refractivity contribution in [2.24, 2.45) is 0 Å². The number of nitrogens with one attached hydrogen (secondary N) is 2. The lowest BCUT2D eigenvalue weighted by atomic mass is 10.0. The molecule has 2 aromatic carbocycles. The number of hydrogen-bond donors (Lipinski definition) is 3. The Morgan fingerprint density at radius 2 is 1.82 bits per heavy atom. The van der Waals surface area contributed by atoms with Crippen LogP contribution in [0.4, 0.5) is 22.2 Å². The first-order chi connectivity index (χ1) is 15.7. The van der Waals surface area contributed by atoms with E-state index < -0.39 is 5.60 Å². The van der Waals surface area contributed by atoms with Crippen LogP contribution in [0.25, 0.3) is 0 Å². The van der Waals surface area contributed by atoms with Crippen molar-refractivity contribution in [1.82, 2.24) is 15.3 Å². The van der Waals surface area contributed by atoms with Gasteiger partial charge in [-0.05, 0) is 62.7 Å². The van der Waals surface area contributed by atoms with Crippen molar-refractivity contribution in [3.8, 4) is 5.75 Å². The molecule has 1 atom stereocenters. The van der Waals surface area contributed by atoms with Gasteiger partial charge in [0.2, 0.25) is 5.95 Å². The zero-order valence-corrected chi connectivity index (χ0v) is 19.8. The van der Waals surface area contributed by atoms with E-state index in [-0.39, 0.29) is 12.1 Å². The van der Waals surface area contributed by atoms with Crippen molar-refractivity contribution < 1.29 is 14.6 Å². The molecule has 1 aromatic heterocycles. The minimum atomic E-state index is -0.981. The molecule has 0 saturated carbocycles. The predicted molar refractivity (Wildman–Crippen MR) is 130 cm³/mol. The number of nitrogens with zero attached hydrogens (tertiary/aromatic N) is 3. The van der Waals surface area contributed by atoms with Gasteiger partial charge in [-0.1, -0.05) is 23.7 Å². The van der Waals surface area contributed by atoms with Gasteiger partial charge >= 0.3 is 6.03 Å². The Balaban J connectivity index is 1.88. The number of hydrogen-bond acceptors (Lipinski definition) is 6. The zero-order chi connectivity index (χ0) is 24.0. The van der Waals surface area contributed by atoms with E-state index in [1.54, 1.807) is 69.6 Å². The third-order valence-corrected chi connectivity index (χ3v) is 5.42. The SMILES string of the molecule is COc1ccc(N(C(=O)NCc2ccc(Cl)cc2)c2ccnc(NC(C)C(C)(C)O)n2)cc1. The largest absolute Gasteiger partial charge is 0.497 e. The summed E-state index contributed by atoms with van der Waals surface area (Å²) in [6.45, 7) is 5.54. The molecule has 9 heteroatoms. The lowest BCUT2D eigenvalue weighted by Crippen LogP contribution is -2.40. The van der Waals surface area contributed by atoms with Gasteiger partial charge in [-0.2, -0.15) is 4.98 Å². The molecule has 2 amide bonds. The molecule has 0 aliphatic heterocycles. The Morgan fingerprint density at radius 1 is 1.15 bits per heavy atom. The van der Waals surface area contributed by atoms with E-state index in [0.29, 0.717) is 34.8 Å². The molecule has 0 spiro atoms. The molecule has 0 aliphatic carbocycles. The van der Waals surface area contributed by atoms with E-state index in [4.69, 9.17) is 16.3 Å². The Labute approximate surface area is 198 Å². The van der Waals surface area contributed by atoms with Crippen molar-refractivity contribution in [1.29, 1.82) is 0 Å². The predicted octanol–water partition coefficient (Wildman–Crippen LogP) is 4.76. The van der Waals surface area contributed by atoms with Crippen LogP contribution in [0, 0.1) is 0 Å². The minimum Gasteiger partial charge on any atom is -0.497 e. The average Bonchev–Trinajstić information content (AvgIpc) is 2.79. The normalized spacial score (nSPS) is 12.1. The Morgan fingerprint density at radius 3 is 2.42 bits per heavy atom. The highest BCUT2D eigenvalue weighted by Gasteiger charge is 2.24. The number of anilines is 3. The standard InChI is InChI=1S/C24H28ClN5O3/c1-16(24(2,3)32)28-22-26-14-13-21(29-22)30(19-9-11-20(33-4)12-10-19)23(31)27-15-17-5-7-18(25)8-6-17/h5-14,16,32H,15H2,1-4H3,(H,27,31)(H,26,28,29). The molecule has 0 fully saturated rings. The molecule has 0 radical (unpaired) electrons. The van der Waals surface area contributed by atoms with Crippen LogP contribution >= 0.6 is 11.6 Å². The topological polar surface area (TPSA) is 99.6 Å². The number of carbonyl (C=O) groups is 1. The number of halogens is 1. The highest BCUT2D eigenvalue weighted by Crippen LogP contribution is 2.27. The summed E-state index contributed by atoms with van der Waals surface area (Å²) in [6, 6.07) is 15.3. The van der Waals surface area contributed by atoms with Gasteiger partial charge < -0.3 is 20.5 Å². The third-order valence-electron chi connectivity index (χ3n) is 5.17. The van der Waals surface area contributed by atoms with Crippen LogP contribution in [0.3, 0.4) is 0 Å². The molecule has 3 aromatic rings. The van der Waals surface area contributed by atoms with Gasteiger partial charge in [0.15, 0.2) is 0 Å². The fourth-order valence-electron chi connectivity index (χ4n) is 2.86. The van der Waals surface area contributed by atoms with Crippen LogP contribution in [-0.2, 0) is 6.54 Å². The molecule has 3 N–H and O–H groups in total. The number of benzene rings is 2. The van der Waals surface area contributed by atoms with E-state index in [1.807, 2.05) is 19.1 Å². The Hall–Kier alpha value is -3.36. The minimum absolute atomic E-state index is 0.297. The first kappa shape index (κ1) is 24.3. The van der Waals surface area contributed by atoms with Gasteiger partial charge in [-0.15, -0.1) is 0 Å². The zero-order valence-electron chi connectivity index (χ0n) is 19.0. The number of rotatable bonds is 8. The summed E-state index contributed by atoms with van der Waals surface area (Å²) >= 11 is 5.95. The average molecular weight is 470 g/mol. The van der Waals surface area contributed by atoms with E-state index in [2.05, 4.69) is 20.6 Å². The summed E-state index contributed by atoms with van der Waals surface area (Å²) in [5.41, 5.74) is 0.529. The number of methoxy groups -OCH3 is 1. The van der Waals surface area contributed by atoms with Crippen molar-refractivity contribution in [3.63, 3.8) is 0 Å². The first-order valence-corrected chi connectivity index (χ1v) is 10.8. The number of ether oxygens (including phenoxy) is 1. The maximum Gasteiger partial charge on any atom is 0.327 e. The molecule has 0 bridgehead atoms. The number of urea groups is 1. The Kier molecular flexibility index (Phi) is 7.73. The van der Waals surface area contributed by atoms with E-state index in [0.717, 1.165) is 5.56 Å². The lowest BCUT2D eigenvalue weighted by molar-refractivity contribution is 0.0646. The third kappa shape index (κ3) is 6.57. The van der Waals surface area contributed by atoms with Crippen molar-refractivity contribution in [2.75, 3.05) is 17.3 Å². The molecule has 0 aliphatic rings. The number of carbonyl (C=O) groups excluding carboxylic acids is 1. The van der Waals surface area contributed by atoms with E-state index >= 15 is 0 Å². The van der Waals surface area contributed by atoms with Crippen molar-refractivity contribution in [2.45, 2.75) is 39.0 Å². The van der Waals surface area contributed by atoms with Crippen LogP contribution in [0.1, 0.15) is 26.3 Å². The van der Waals surface area contributed by atoms with Crippen LogP contribution in [0.15, 0.2) is 60.8 Å². The highest BCUT2D eigenvalue weighted by molar-refractivity contribution is 6.30. The molecule has 1 heterocycles. The van der Waals surface area contributed by atoms with Crippen LogP contribution in [0.5, 0.6) is 5.75 Å². The fourth-order valence-corrected chi connectivity index (χ4v) is 2.98. The monoisotopic (exact) mass is 469 g/mol. The first-order valence-electron chi connectivity index (χ1n) is 10.5. The highest BCUT2D eigenvalue weighted by atomic mass is 35.5. The smallest absolute Gasteiger partial charge is 0.327 e. The van der Waals surface area contributed by atoms with Crippen molar-refractivity contribution in [3.05, 3.63) is 71.4 Å². The second kappa shape index (κ2) is 10.5. The molecule has 1 unspecified atom stereocenters. The number of amides is 2. The lowest BCUT2D eigenvalue weighted by Gasteiger charge is -2.27. The summed E-state index contributed by atoms with van der Waals surface area (Å²) in [5, 5.41) is 16.9. The van der Waals surface area contributed by atoms with Gasteiger partial charge in [-0.3, -0.25) is 0 Å². The van der Waals surface area contributed by atoms with Gasteiger partial charge in [0.05, 0.1) is 24.4 Å². The van der Waals surface area contributed by atoms with Crippen molar-refractivity contribution >= 4 is 35.1 Å². The molecular formula is C24H28ClN5O3.